The van der Waals surface area contributed by atoms with Crippen molar-refractivity contribution in [2.75, 3.05) is 40.9 Å². The van der Waals surface area contributed by atoms with Crippen molar-refractivity contribution in [3.8, 4) is 0 Å². The number of hydrogen-bond donors (Lipinski definition) is 1. The van der Waals surface area contributed by atoms with E-state index in [1.807, 2.05) is 33.3 Å². The summed E-state index contributed by atoms with van der Waals surface area (Å²) in [6, 6.07) is -0.900. The third-order valence-corrected chi connectivity index (χ3v) is 15.1. The number of nitrogens with zero attached hydrogens (tertiary/aromatic N) is 1. The number of likely N-dealkylation sites (N-methyl/N-ethyl adjacent to an activating group) is 1. The smallest absolute Gasteiger partial charge is 0.306 e. The third kappa shape index (κ3) is 57.9. The van der Waals surface area contributed by atoms with Crippen LogP contribution in [0.2, 0.25) is 0 Å². The molecule has 0 aromatic rings. The molecule has 1 N–H and O–H groups in total. The summed E-state index contributed by atoms with van der Waals surface area (Å²) in [5.41, 5.74) is 0. The summed E-state index contributed by atoms with van der Waals surface area (Å²) in [6.45, 7) is 6.80. The zero-order chi connectivity index (χ0) is 56.4. The van der Waals surface area contributed by atoms with Crippen LogP contribution in [0.15, 0.2) is 72.9 Å². The van der Waals surface area contributed by atoms with Crippen LogP contribution in [0.4, 0.5) is 0 Å². The van der Waals surface area contributed by atoms with E-state index in [4.69, 9.17) is 13.8 Å². The molecule has 0 fully saturated rings. The Morgan fingerprint density at radius 2 is 0.792 bits per heavy atom. The van der Waals surface area contributed by atoms with Crippen LogP contribution in [-0.2, 0) is 27.9 Å². The number of phosphoric ester groups is 1. The Hall–Kier alpha value is -2.55. The van der Waals surface area contributed by atoms with E-state index in [1.54, 1.807) is 0 Å². The number of quaternary nitrogens is 1. The molecule has 0 aromatic heterocycles. The van der Waals surface area contributed by atoms with E-state index in [1.165, 1.54) is 154 Å². The van der Waals surface area contributed by atoms with Crippen molar-refractivity contribution in [2.45, 2.75) is 303 Å². The molecule has 0 bridgehead atoms. The first-order chi connectivity index (χ1) is 37.4. The maximum atomic E-state index is 13.5. The van der Waals surface area contributed by atoms with Gasteiger partial charge in [-0.2, -0.15) is 0 Å². The molecule has 0 radical (unpaired) electrons. The Kier molecular flexibility index (Phi) is 54.8. The van der Waals surface area contributed by atoms with Gasteiger partial charge in [0.1, 0.15) is 19.3 Å². The first-order valence-electron chi connectivity index (χ1n) is 32.2. The monoisotopic (exact) mass is 1100 g/mol. The van der Waals surface area contributed by atoms with Crippen LogP contribution >= 0.6 is 7.82 Å². The predicted octanol–water partition coefficient (Wildman–Crippen LogP) is 19.4. The van der Waals surface area contributed by atoms with Crippen molar-refractivity contribution >= 4 is 19.7 Å². The van der Waals surface area contributed by atoms with Gasteiger partial charge in [0.15, 0.2) is 0 Å². The fraction of sp³-hybridized carbons (Fsp3) is 0.791. The fourth-order valence-corrected chi connectivity index (χ4v) is 9.81. The van der Waals surface area contributed by atoms with E-state index < -0.39 is 26.6 Å². The molecule has 3 unspecified atom stereocenters. The summed E-state index contributed by atoms with van der Waals surface area (Å²) < 4.78 is 30.3. The Morgan fingerprint density at radius 3 is 1.23 bits per heavy atom. The summed E-state index contributed by atoms with van der Waals surface area (Å²) in [5, 5.41) is 3.02. The van der Waals surface area contributed by atoms with Gasteiger partial charge in [-0.3, -0.25) is 14.2 Å². The summed E-state index contributed by atoms with van der Waals surface area (Å²) >= 11 is 0. The highest BCUT2D eigenvalue weighted by Gasteiger charge is 2.27. The molecule has 0 spiro atoms. The molecule has 0 rings (SSSR count). The maximum absolute atomic E-state index is 13.5. The number of phosphoric acid groups is 1. The molecule has 0 aromatic carbocycles. The van der Waals surface area contributed by atoms with Crippen molar-refractivity contribution in [2.24, 2.45) is 0 Å². The standard InChI is InChI=1S/C67H123N2O7P/c1-7-10-13-16-19-22-25-28-30-31-32-33-34-35-36-37-38-39-40-42-45-48-51-54-57-60-67(71)76-65(58-55-52-49-46-43-27-24-21-18-15-12-9-3)64(63-75-77(72,73)74-62-61-69(4,5)6)68-66(70)59-56-53-50-47-44-41-29-26-23-20-17-14-11-8-2/h19,22,28,30,32-33,35-36,41,44,55,58,64-65H,7-18,20-21,23-27,29,31,34,37-40,42-43,45-54,56-57,59-63H2,1-6H3,(H-,68,70,72,73)/b22-19-,30-28-,33-32-,36-35-,44-41-,58-55-. The number of unbranched alkanes of at least 4 members (excludes halogenated alkanes) is 32. The van der Waals surface area contributed by atoms with Crippen LogP contribution in [-0.4, -0.2) is 69.4 Å². The van der Waals surface area contributed by atoms with E-state index >= 15 is 0 Å². The number of nitrogens with one attached hydrogen (secondary N) is 1. The van der Waals surface area contributed by atoms with Gasteiger partial charge in [0.25, 0.3) is 7.82 Å². The van der Waals surface area contributed by atoms with E-state index in [0.29, 0.717) is 23.9 Å². The van der Waals surface area contributed by atoms with Crippen molar-refractivity contribution in [1.82, 2.24) is 5.32 Å². The van der Waals surface area contributed by atoms with Crippen LogP contribution in [0.3, 0.4) is 0 Å². The highest BCUT2D eigenvalue weighted by molar-refractivity contribution is 7.45. The van der Waals surface area contributed by atoms with Gasteiger partial charge in [-0.05, 0) is 102 Å². The van der Waals surface area contributed by atoms with Gasteiger partial charge in [-0.1, -0.05) is 248 Å². The van der Waals surface area contributed by atoms with Crippen LogP contribution < -0.4 is 10.2 Å². The number of esters is 1. The van der Waals surface area contributed by atoms with E-state index in [2.05, 4.69) is 86.8 Å². The quantitative estimate of drug-likeness (QED) is 0.0212. The van der Waals surface area contributed by atoms with Crippen molar-refractivity contribution in [1.29, 1.82) is 0 Å². The second-order valence-corrected chi connectivity index (χ2v) is 24.3. The molecule has 0 saturated carbocycles. The van der Waals surface area contributed by atoms with E-state index in [9.17, 15) is 19.0 Å². The zero-order valence-corrected chi connectivity index (χ0v) is 52.0. The minimum Gasteiger partial charge on any atom is -0.756 e. The van der Waals surface area contributed by atoms with E-state index in [-0.39, 0.29) is 24.9 Å². The number of ether oxygens (including phenoxy) is 1. The molecular formula is C67H123N2O7P. The first kappa shape index (κ1) is 74.5. The molecule has 3 atom stereocenters. The zero-order valence-electron chi connectivity index (χ0n) is 51.2. The Morgan fingerprint density at radius 1 is 0.455 bits per heavy atom. The number of rotatable bonds is 58. The predicted molar refractivity (Wildman–Crippen MR) is 330 cm³/mol. The van der Waals surface area contributed by atoms with Gasteiger partial charge in [-0.25, -0.2) is 0 Å². The largest absolute Gasteiger partial charge is 0.756 e. The molecule has 0 aliphatic rings. The lowest BCUT2D eigenvalue weighted by Gasteiger charge is -2.30. The molecule has 0 aliphatic heterocycles. The van der Waals surface area contributed by atoms with Gasteiger partial charge in [0.05, 0.1) is 33.8 Å². The van der Waals surface area contributed by atoms with Gasteiger partial charge >= 0.3 is 5.97 Å². The van der Waals surface area contributed by atoms with Gasteiger partial charge in [0, 0.05) is 12.8 Å². The number of carbonyl (C=O) groups is 2. The molecule has 0 heterocycles. The van der Waals surface area contributed by atoms with Crippen LogP contribution in [0, 0.1) is 0 Å². The van der Waals surface area contributed by atoms with Crippen molar-refractivity contribution in [3.63, 3.8) is 0 Å². The second-order valence-electron chi connectivity index (χ2n) is 22.9. The average molecular weight is 1100 g/mol. The molecular weight excluding hydrogens is 976 g/mol. The lowest BCUT2D eigenvalue weighted by atomic mass is 10.0. The topological polar surface area (TPSA) is 114 Å². The van der Waals surface area contributed by atoms with Crippen molar-refractivity contribution in [3.05, 3.63) is 72.9 Å². The van der Waals surface area contributed by atoms with Crippen molar-refractivity contribution < 1.29 is 37.3 Å². The second kappa shape index (κ2) is 56.7. The molecule has 448 valence electrons. The van der Waals surface area contributed by atoms with Gasteiger partial charge < -0.3 is 28.5 Å². The van der Waals surface area contributed by atoms with Gasteiger partial charge in [-0.15, -0.1) is 0 Å². The maximum Gasteiger partial charge on any atom is 0.306 e. The molecule has 0 saturated heterocycles. The third-order valence-electron chi connectivity index (χ3n) is 14.1. The summed E-state index contributed by atoms with van der Waals surface area (Å²) in [4.78, 5) is 40.0. The SMILES string of the molecule is CCCCC/C=C\C/C=C\C/C=C\C/C=C\CCCCCCCCCCCC(=O)OC(/C=C\CCCCCCCCCCCC)C(COP(=O)([O-])OCC[N+](C)(C)C)NC(=O)CCCCC/C=C\CCCCCCCCC. The number of amides is 1. The highest BCUT2D eigenvalue weighted by atomic mass is 31.2. The van der Waals surface area contributed by atoms with Gasteiger partial charge in [0.2, 0.25) is 5.91 Å². The lowest BCUT2D eigenvalue weighted by Crippen LogP contribution is -2.47. The van der Waals surface area contributed by atoms with Crippen LogP contribution in [0.1, 0.15) is 290 Å². The Balaban J connectivity index is 5.16. The summed E-state index contributed by atoms with van der Waals surface area (Å²) in [7, 11) is 1.17. The highest BCUT2D eigenvalue weighted by Crippen LogP contribution is 2.38. The molecule has 10 heteroatoms. The average Bonchev–Trinajstić information content (AvgIpc) is 3.39. The first-order valence-corrected chi connectivity index (χ1v) is 33.7. The molecule has 77 heavy (non-hydrogen) atoms. The number of hydrogen-bond acceptors (Lipinski definition) is 7. The Labute approximate surface area is 476 Å². The minimum absolute atomic E-state index is 0.0277. The minimum atomic E-state index is -4.70. The van der Waals surface area contributed by atoms with Crippen LogP contribution in [0.25, 0.3) is 0 Å². The number of allylic oxidation sites excluding steroid dienone is 11. The molecule has 1 amide bonds. The lowest BCUT2D eigenvalue weighted by molar-refractivity contribution is -0.870. The Bertz CT molecular complexity index is 1550. The number of carbonyl (C=O) groups excluding carboxylic acids is 2. The molecule has 0 aliphatic carbocycles. The summed E-state index contributed by atoms with van der Waals surface area (Å²) in [5.74, 6) is -0.563. The van der Waals surface area contributed by atoms with Crippen LogP contribution in [0.5, 0.6) is 0 Å². The summed E-state index contributed by atoms with van der Waals surface area (Å²) in [6.07, 6.45) is 73.0. The van der Waals surface area contributed by atoms with E-state index in [0.717, 1.165) is 96.3 Å². The molecule has 9 nitrogen and oxygen atoms in total. The normalized spacial score (nSPS) is 14.1. The fourth-order valence-electron chi connectivity index (χ4n) is 9.09.